The summed E-state index contributed by atoms with van der Waals surface area (Å²) in [5, 5.41) is 0. The van der Waals surface area contributed by atoms with Gasteiger partial charge in [-0.05, 0) is 13.8 Å². The molecule has 0 aromatic rings. The molecular weight excluding hydrogens is 226 g/mol. The van der Waals surface area contributed by atoms with Gasteiger partial charge in [0, 0.05) is 6.26 Å². The van der Waals surface area contributed by atoms with Gasteiger partial charge in [0.2, 0.25) is 0 Å². The van der Waals surface area contributed by atoms with E-state index in [1.54, 1.807) is 13.8 Å². The Labute approximate surface area is 105 Å². The van der Waals surface area contributed by atoms with Gasteiger partial charge in [-0.3, -0.25) is 9.05 Å². The van der Waals surface area contributed by atoms with Crippen LogP contribution in [0, 0.1) is 0 Å². The maximum absolute atomic E-state index is 11.4. The molecule has 0 fully saturated rings. The molecule has 0 saturated heterocycles. The van der Waals surface area contributed by atoms with Crippen molar-refractivity contribution in [2.24, 2.45) is 0 Å². The summed E-state index contributed by atoms with van der Waals surface area (Å²) in [6.07, 6.45) is 1.25. The molecule has 0 radical (unpaired) electrons. The quantitative estimate of drug-likeness (QED) is 0.422. The molecule has 1 atom stereocenters. The van der Waals surface area contributed by atoms with E-state index >= 15 is 0 Å². The van der Waals surface area contributed by atoms with Gasteiger partial charge in [-0.25, -0.2) is 8.77 Å². The predicted octanol–water partition coefficient (Wildman–Crippen LogP) is -1.41. The van der Waals surface area contributed by atoms with Crippen molar-refractivity contribution in [1.82, 2.24) is 0 Å². The van der Waals surface area contributed by atoms with E-state index in [4.69, 9.17) is 9.05 Å². The molecule has 0 aromatic heterocycles. The molecule has 0 saturated carbocycles. The average Bonchev–Trinajstić information content (AvgIpc) is 1.85. The topological polar surface area (TPSA) is 61.8 Å². The van der Waals surface area contributed by atoms with E-state index in [1.165, 1.54) is 6.26 Å². The van der Waals surface area contributed by atoms with Crippen LogP contribution in [0.3, 0.4) is 0 Å². The van der Waals surface area contributed by atoms with Crippen LogP contribution in [0.5, 0.6) is 0 Å². The van der Waals surface area contributed by atoms with Crippen LogP contribution in [-0.2, 0) is 28.7 Å². The summed E-state index contributed by atoms with van der Waals surface area (Å²) < 4.78 is 35.8. The first kappa shape index (κ1) is 16.7. The second kappa shape index (κ2) is 8.56. The van der Waals surface area contributed by atoms with Crippen molar-refractivity contribution >= 4 is 18.9 Å². The Morgan fingerprint density at radius 2 is 1.69 bits per heavy atom. The Morgan fingerprint density at radius 1 is 1.31 bits per heavy atom. The third-order valence-corrected chi connectivity index (χ3v) is 3.49. The summed E-state index contributed by atoms with van der Waals surface area (Å²) >= 11 is -1.65. The van der Waals surface area contributed by atoms with Crippen molar-refractivity contribution in [3.05, 3.63) is 0 Å². The zero-order valence-electron chi connectivity index (χ0n) is 9.31. The molecule has 1 unspecified atom stereocenters. The van der Waals surface area contributed by atoms with Crippen LogP contribution in [0.4, 0.5) is 0 Å². The second-order valence-electron chi connectivity index (χ2n) is 1.76. The molecule has 0 heterocycles. The van der Waals surface area contributed by atoms with Crippen molar-refractivity contribution < 1.29 is 52.8 Å². The third kappa shape index (κ3) is 8.27. The average molecular weight is 240 g/mol. The zero-order chi connectivity index (χ0) is 9.61. The van der Waals surface area contributed by atoms with E-state index in [-0.39, 0.29) is 44.2 Å². The third-order valence-electron chi connectivity index (χ3n) is 0.771. The Bertz CT molecular complexity index is 195. The number of hydrogen-bond acceptors (Lipinski definition) is 5. The second-order valence-corrected chi connectivity index (χ2v) is 4.57. The molecule has 0 aliphatic rings. The molecule has 0 amide bonds. The minimum Gasteiger partial charge on any atom is -1.00 e. The largest absolute Gasteiger partial charge is 1.00 e. The molecular formula is C5H14NaO5PS. The first-order valence-electron chi connectivity index (χ1n) is 3.46. The van der Waals surface area contributed by atoms with E-state index in [9.17, 15) is 8.77 Å². The first-order valence-corrected chi connectivity index (χ1v) is 6.41. The van der Waals surface area contributed by atoms with Crippen LogP contribution in [0.1, 0.15) is 15.3 Å². The standard InChI is InChI=1S/C5H13O5PS.Na.H/c1-4-8-11(6,9-5-2)10-12(3)7;;/h4-5H2,1-3H3;;/q;+1;-1. The first-order chi connectivity index (χ1) is 5.54. The van der Waals surface area contributed by atoms with E-state index in [0.29, 0.717) is 0 Å². The van der Waals surface area contributed by atoms with Crippen LogP contribution in [0.25, 0.3) is 0 Å². The van der Waals surface area contributed by atoms with Gasteiger partial charge in [0.15, 0.2) is 11.1 Å². The number of phosphoric ester groups is 1. The number of phosphoric acid groups is 1. The molecule has 8 heteroatoms. The van der Waals surface area contributed by atoms with E-state index in [0.717, 1.165) is 0 Å². The maximum Gasteiger partial charge on any atom is 1.00 e. The Morgan fingerprint density at radius 3 is 1.92 bits per heavy atom. The van der Waals surface area contributed by atoms with Gasteiger partial charge in [0.1, 0.15) is 0 Å². The summed E-state index contributed by atoms with van der Waals surface area (Å²) in [4.78, 5) is 0. The Hall–Kier alpha value is 1.26. The Kier molecular flexibility index (Phi) is 11.0. The van der Waals surface area contributed by atoms with Crippen LogP contribution >= 0.6 is 7.82 Å². The number of hydrogen-bond donors (Lipinski definition) is 0. The molecule has 76 valence electrons. The van der Waals surface area contributed by atoms with Gasteiger partial charge >= 0.3 is 37.4 Å². The van der Waals surface area contributed by atoms with Crippen molar-refractivity contribution in [1.29, 1.82) is 0 Å². The van der Waals surface area contributed by atoms with Crippen LogP contribution < -0.4 is 29.6 Å². The molecule has 0 spiro atoms. The molecule has 0 aromatic carbocycles. The molecule has 0 bridgehead atoms. The van der Waals surface area contributed by atoms with Gasteiger partial charge in [-0.15, -0.1) is 0 Å². The Balaban J connectivity index is -0.000000605. The smallest absolute Gasteiger partial charge is 1.00 e. The fourth-order valence-electron chi connectivity index (χ4n) is 0.525. The maximum atomic E-state index is 11.4. The molecule has 0 N–H and O–H groups in total. The van der Waals surface area contributed by atoms with Crippen molar-refractivity contribution in [2.45, 2.75) is 13.8 Å². The van der Waals surface area contributed by atoms with Crippen molar-refractivity contribution in [3.63, 3.8) is 0 Å². The molecule has 5 nitrogen and oxygen atoms in total. The van der Waals surface area contributed by atoms with Gasteiger partial charge in [-0.2, -0.15) is 3.97 Å². The van der Waals surface area contributed by atoms with Crippen molar-refractivity contribution in [3.8, 4) is 0 Å². The normalized spacial score (nSPS) is 13.5. The minimum atomic E-state index is -3.58. The van der Waals surface area contributed by atoms with Crippen molar-refractivity contribution in [2.75, 3.05) is 19.5 Å². The van der Waals surface area contributed by atoms with Crippen LogP contribution in [0.2, 0.25) is 0 Å². The summed E-state index contributed by atoms with van der Waals surface area (Å²) in [5.74, 6) is 0. The van der Waals surface area contributed by atoms with Gasteiger partial charge in [-0.1, -0.05) is 0 Å². The molecule has 0 aliphatic carbocycles. The van der Waals surface area contributed by atoms with Gasteiger partial charge in [0.05, 0.1) is 13.2 Å². The zero-order valence-corrected chi connectivity index (χ0v) is 12.0. The summed E-state index contributed by atoms with van der Waals surface area (Å²) in [6, 6.07) is 0. The molecule has 0 rings (SSSR count). The minimum absolute atomic E-state index is 0. The molecule has 13 heavy (non-hydrogen) atoms. The summed E-state index contributed by atoms with van der Waals surface area (Å²) in [6.45, 7) is 3.67. The van der Waals surface area contributed by atoms with Crippen LogP contribution in [-0.4, -0.2) is 23.7 Å². The summed E-state index contributed by atoms with van der Waals surface area (Å²) in [7, 11) is -3.58. The fraction of sp³-hybridized carbons (Fsp3) is 1.00. The predicted molar refractivity (Wildman–Crippen MR) is 47.1 cm³/mol. The van der Waals surface area contributed by atoms with Gasteiger partial charge < -0.3 is 1.43 Å². The van der Waals surface area contributed by atoms with Crippen LogP contribution in [0.15, 0.2) is 0 Å². The monoisotopic (exact) mass is 240 g/mol. The van der Waals surface area contributed by atoms with E-state index < -0.39 is 18.9 Å². The SMILES string of the molecule is CCOP(=O)(OCC)OS(C)=O.[H-].[Na+]. The molecule has 0 aliphatic heterocycles. The van der Waals surface area contributed by atoms with E-state index in [2.05, 4.69) is 3.97 Å². The summed E-state index contributed by atoms with van der Waals surface area (Å²) in [5.41, 5.74) is 0. The van der Waals surface area contributed by atoms with E-state index in [1.807, 2.05) is 0 Å². The number of rotatable bonds is 6. The fourth-order valence-corrected chi connectivity index (χ4v) is 2.60. The van der Waals surface area contributed by atoms with Gasteiger partial charge in [0.25, 0.3) is 0 Å².